The summed E-state index contributed by atoms with van der Waals surface area (Å²) in [6.07, 6.45) is 1.57. The molecule has 1 aromatic heterocycles. The number of nitrogens with one attached hydrogen (secondary N) is 1. The van der Waals surface area contributed by atoms with Crippen molar-refractivity contribution in [2.45, 2.75) is 13.5 Å². The molecule has 5 nitrogen and oxygen atoms in total. The molecule has 0 saturated carbocycles. The van der Waals surface area contributed by atoms with Crippen molar-refractivity contribution < 1.29 is 4.79 Å². The molecule has 18 heavy (non-hydrogen) atoms. The van der Waals surface area contributed by atoms with Crippen LogP contribution in [-0.2, 0) is 13.6 Å². The van der Waals surface area contributed by atoms with Crippen LogP contribution in [0.15, 0.2) is 30.5 Å². The smallest absolute Gasteiger partial charge is 0.255 e. The van der Waals surface area contributed by atoms with Gasteiger partial charge in [0.05, 0.1) is 11.8 Å². The van der Waals surface area contributed by atoms with E-state index in [1.165, 1.54) is 0 Å². The largest absolute Gasteiger partial charge is 0.398 e. The van der Waals surface area contributed by atoms with Crippen molar-refractivity contribution in [3.63, 3.8) is 0 Å². The first-order chi connectivity index (χ1) is 8.59. The van der Waals surface area contributed by atoms with Gasteiger partial charge in [-0.1, -0.05) is 18.2 Å². The van der Waals surface area contributed by atoms with E-state index in [9.17, 15) is 4.79 Å². The average Bonchev–Trinajstić information content (AvgIpc) is 2.69. The van der Waals surface area contributed by atoms with Gasteiger partial charge in [-0.05, 0) is 18.6 Å². The van der Waals surface area contributed by atoms with Crippen molar-refractivity contribution in [3.8, 4) is 0 Å². The van der Waals surface area contributed by atoms with Crippen molar-refractivity contribution in [1.29, 1.82) is 0 Å². The highest BCUT2D eigenvalue weighted by Crippen LogP contribution is 2.11. The fraction of sp³-hybridized carbons (Fsp3) is 0.231. The summed E-state index contributed by atoms with van der Waals surface area (Å²) < 4.78 is 1.67. The minimum Gasteiger partial charge on any atom is -0.398 e. The number of carbonyl (C=O) groups is 1. The first-order valence-corrected chi connectivity index (χ1v) is 5.69. The van der Waals surface area contributed by atoms with Gasteiger partial charge in [-0.15, -0.1) is 0 Å². The number of hydrogen-bond donors (Lipinski definition) is 2. The second-order valence-electron chi connectivity index (χ2n) is 4.15. The summed E-state index contributed by atoms with van der Waals surface area (Å²) >= 11 is 0. The highest BCUT2D eigenvalue weighted by Gasteiger charge is 2.12. The number of nitrogens with two attached hydrogens (primary N) is 1. The summed E-state index contributed by atoms with van der Waals surface area (Å²) in [7, 11) is 1.81. The molecular formula is C13H16N4O. The van der Waals surface area contributed by atoms with Crippen molar-refractivity contribution in [3.05, 3.63) is 47.3 Å². The molecule has 5 heteroatoms. The van der Waals surface area contributed by atoms with Gasteiger partial charge in [-0.3, -0.25) is 9.48 Å². The summed E-state index contributed by atoms with van der Waals surface area (Å²) in [5.41, 5.74) is 8.83. The maximum atomic E-state index is 12.0. The summed E-state index contributed by atoms with van der Waals surface area (Å²) in [6, 6.07) is 7.47. The number of aryl methyl sites for hydroxylation is 1. The van der Waals surface area contributed by atoms with E-state index in [0.717, 1.165) is 11.3 Å². The average molecular weight is 244 g/mol. The number of rotatable bonds is 3. The van der Waals surface area contributed by atoms with Gasteiger partial charge in [0.2, 0.25) is 0 Å². The number of aromatic nitrogens is 2. The molecule has 0 saturated heterocycles. The molecule has 3 N–H and O–H groups in total. The molecule has 1 aromatic carbocycles. The molecule has 2 rings (SSSR count). The van der Waals surface area contributed by atoms with Crippen LogP contribution in [0.2, 0.25) is 0 Å². The van der Waals surface area contributed by atoms with Gasteiger partial charge in [0.15, 0.2) is 0 Å². The molecule has 0 aliphatic heterocycles. The molecule has 2 aromatic rings. The quantitative estimate of drug-likeness (QED) is 0.798. The molecule has 94 valence electrons. The fourth-order valence-corrected chi connectivity index (χ4v) is 1.69. The lowest BCUT2D eigenvalue weighted by molar-refractivity contribution is 0.0950. The van der Waals surface area contributed by atoms with Gasteiger partial charge in [0, 0.05) is 25.0 Å². The lowest BCUT2D eigenvalue weighted by Gasteiger charge is -2.07. The van der Waals surface area contributed by atoms with E-state index < -0.39 is 0 Å². The third-order valence-electron chi connectivity index (χ3n) is 2.97. The summed E-state index contributed by atoms with van der Waals surface area (Å²) in [6.45, 7) is 2.28. The lowest BCUT2D eigenvalue weighted by atomic mass is 10.1. The Morgan fingerprint density at radius 3 is 2.78 bits per heavy atom. The first kappa shape index (κ1) is 12.2. The van der Waals surface area contributed by atoms with E-state index in [1.54, 1.807) is 17.9 Å². The SMILES string of the molecule is Cc1c(C(=O)NCc2ccccc2N)cnn1C. The van der Waals surface area contributed by atoms with Gasteiger partial charge in [-0.2, -0.15) is 5.10 Å². The summed E-state index contributed by atoms with van der Waals surface area (Å²) in [5.74, 6) is -0.135. The fourth-order valence-electron chi connectivity index (χ4n) is 1.69. The number of carbonyl (C=O) groups excluding carboxylic acids is 1. The van der Waals surface area contributed by atoms with Crippen LogP contribution in [0.25, 0.3) is 0 Å². The van der Waals surface area contributed by atoms with E-state index in [4.69, 9.17) is 5.73 Å². The molecule has 0 bridgehead atoms. The minimum absolute atomic E-state index is 0.135. The maximum Gasteiger partial charge on any atom is 0.255 e. The second kappa shape index (κ2) is 4.91. The number of benzene rings is 1. The Kier molecular flexibility index (Phi) is 3.32. The van der Waals surface area contributed by atoms with Crippen LogP contribution in [0.5, 0.6) is 0 Å². The summed E-state index contributed by atoms with van der Waals surface area (Å²) in [5, 5.41) is 6.88. The van der Waals surface area contributed by atoms with Gasteiger partial charge in [0.1, 0.15) is 0 Å². The van der Waals surface area contributed by atoms with E-state index in [1.807, 2.05) is 31.2 Å². The van der Waals surface area contributed by atoms with Crippen molar-refractivity contribution in [1.82, 2.24) is 15.1 Å². The van der Waals surface area contributed by atoms with Crippen molar-refractivity contribution in [2.24, 2.45) is 7.05 Å². The normalized spacial score (nSPS) is 10.3. The third-order valence-corrected chi connectivity index (χ3v) is 2.97. The Bertz CT molecular complexity index is 574. The molecular weight excluding hydrogens is 228 g/mol. The molecule has 0 fully saturated rings. The van der Waals surface area contributed by atoms with Gasteiger partial charge in [0.25, 0.3) is 5.91 Å². The van der Waals surface area contributed by atoms with Gasteiger partial charge in [-0.25, -0.2) is 0 Å². The monoisotopic (exact) mass is 244 g/mol. The maximum absolute atomic E-state index is 12.0. The first-order valence-electron chi connectivity index (χ1n) is 5.69. The predicted octanol–water partition coefficient (Wildman–Crippen LogP) is 1.24. The highest BCUT2D eigenvalue weighted by atomic mass is 16.1. The van der Waals surface area contributed by atoms with Crippen LogP contribution >= 0.6 is 0 Å². The lowest BCUT2D eigenvalue weighted by Crippen LogP contribution is -2.23. The zero-order valence-corrected chi connectivity index (χ0v) is 10.5. The molecule has 0 atom stereocenters. The molecule has 0 aliphatic rings. The van der Waals surface area contributed by atoms with Gasteiger partial charge < -0.3 is 11.1 Å². The van der Waals surface area contributed by atoms with Crippen LogP contribution in [0.3, 0.4) is 0 Å². The predicted molar refractivity (Wildman–Crippen MR) is 70.0 cm³/mol. The molecule has 0 unspecified atom stereocenters. The van der Waals surface area contributed by atoms with E-state index >= 15 is 0 Å². The van der Waals surface area contributed by atoms with E-state index in [0.29, 0.717) is 17.8 Å². The number of anilines is 1. The Hall–Kier alpha value is -2.30. The number of nitrogens with zero attached hydrogens (tertiary/aromatic N) is 2. The zero-order chi connectivity index (χ0) is 13.1. The number of para-hydroxylation sites is 1. The third kappa shape index (κ3) is 2.34. The van der Waals surface area contributed by atoms with Crippen LogP contribution in [-0.4, -0.2) is 15.7 Å². The molecule has 1 amide bonds. The molecule has 1 heterocycles. The Morgan fingerprint density at radius 2 is 2.17 bits per heavy atom. The molecule has 0 spiro atoms. The number of nitrogen functional groups attached to an aromatic ring is 1. The Morgan fingerprint density at radius 1 is 1.44 bits per heavy atom. The highest BCUT2D eigenvalue weighted by molar-refractivity contribution is 5.95. The molecule has 0 aliphatic carbocycles. The van der Waals surface area contributed by atoms with Crippen molar-refractivity contribution >= 4 is 11.6 Å². The standard InChI is InChI=1S/C13H16N4O/c1-9-11(8-16-17(9)2)13(18)15-7-10-5-3-4-6-12(10)14/h3-6,8H,7,14H2,1-2H3,(H,15,18). The zero-order valence-electron chi connectivity index (χ0n) is 10.5. The van der Waals surface area contributed by atoms with Crippen LogP contribution in [0.1, 0.15) is 21.6 Å². The minimum atomic E-state index is -0.135. The van der Waals surface area contributed by atoms with E-state index in [2.05, 4.69) is 10.4 Å². The van der Waals surface area contributed by atoms with Crippen LogP contribution in [0, 0.1) is 6.92 Å². The number of hydrogen-bond acceptors (Lipinski definition) is 3. The van der Waals surface area contributed by atoms with Crippen LogP contribution in [0.4, 0.5) is 5.69 Å². The number of amides is 1. The van der Waals surface area contributed by atoms with Crippen molar-refractivity contribution in [2.75, 3.05) is 5.73 Å². The second-order valence-corrected chi connectivity index (χ2v) is 4.15. The Labute approximate surface area is 106 Å². The topological polar surface area (TPSA) is 72.9 Å². The molecule has 0 radical (unpaired) electrons. The van der Waals surface area contributed by atoms with Crippen LogP contribution < -0.4 is 11.1 Å². The summed E-state index contributed by atoms with van der Waals surface area (Å²) in [4.78, 5) is 12.0. The van der Waals surface area contributed by atoms with Gasteiger partial charge >= 0.3 is 0 Å². The Balaban J connectivity index is 2.05. The van der Waals surface area contributed by atoms with E-state index in [-0.39, 0.29) is 5.91 Å².